The summed E-state index contributed by atoms with van der Waals surface area (Å²) in [5, 5.41) is 6.28. The van der Waals surface area contributed by atoms with Gasteiger partial charge in [-0.2, -0.15) is 0 Å². The van der Waals surface area contributed by atoms with E-state index in [2.05, 4.69) is 109 Å². The van der Waals surface area contributed by atoms with E-state index in [4.69, 9.17) is 13.9 Å². The number of ether oxygens (including phenoxy) is 2. The van der Waals surface area contributed by atoms with Gasteiger partial charge in [-0.25, -0.2) is 4.79 Å². The minimum absolute atomic E-state index is 0.0631. The van der Waals surface area contributed by atoms with Gasteiger partial charge in [0, 0.05) is 18.2 Å². The Morgan fingerprint density at radius 1 is 0.521 bits per heavy atom. The molecule has 6 nitrogen and oxygen atoms in total. The Morgan fingerprint density at radius 3 is 1.59 bits per heavy atom. The molecule has 2 aromatic carbocycles. The van der Waals surface area contributed by atoms with Gasteiger partial charge < -0.3 is 19.2 Å². The van der Waals surface area contributed by atoms with Crippen molar-refractivity contribution in [3.8, 4) is 5.75 Å². The predicted molar refractivity (Wildman–Crippen MR) is 324 cm³/mol. The number of benzene rings is 2. The molecule has 9 heteroatoms. The van der Waals surface area contributed by atoms with Crippen molar-refractivity contribution < 1.29 is 23.5 Å². The van der Waals surface area contributed by atoms with Crippen LogP contribution in [-0.4, -0.2) is 62.9 Å². The third-order valence-electron chi connectivity index (χ3n) is 14.3. The third-order valence-corrected chi connectivity index (χ3v) is 19.3. The van der Waals surface area contributed by atoms with Crippen molar-refractivity contribution in [1.82, 2.24) is 5.32 Å². The number of carbonyl (C=O) groups excluding carboxylic acids is 2. The van der Waals surface area contributed by atoms with Crippen LogP contribution in [0.1, 0.15) is 273 Å². The van der Waals surface area contributed by atoms with E-state index in [1.807, 2.05) is 0 Å². The third kappa shape index (κ3) is 33.2. The average molecular weight is 1070 g/mol. The van der Waals surface area contributed by atoms with Crippen molar-refractivity contribution in [2.24, 2.45) is 5.92 Å². The summed E-state index contributed by atoms with van der Waals surface area (Å²) in [7, 11) is -1.59. The minimum Gasteiger partial charge on any atom is -0.465 e. The molecule has 0 aromatic heterocycles. The van der Waals surface area contributed by atoms with Gasteiger partial charge in [-0.05, 0) is 104 Å². The molecule has 0 saturated heterocycles. The van der Waals surface area contributed by atoms with Gasteiger partial charge in [0.15, 0.2) is 0 Å². The Morgan fingerprint density at radius 2 is 1.00 bits per heavy atom. The normalized spacial score (nSPS) is 12.7. The number of carbonyl (C=O) groups is 2. The van der Waals surface area contributed by atoms with Crippen LogP contribution < -0.4 is 20.4 Å². The number of esters is 2. The second-order valence-electron chi connectivity index (χ2n) is 22.2. The summed E-state index contributed by atoms with van der Waals surface area (Å²) in [6.45, 7) is 20.2. The lowest BCUT2D eigenvalue weighted by molar-refractivity contribution is -0.149. The molecule has 0 spiro atoms. The number of unbranched alkanes of at least 4 members (excludes halogenated alkanes) is 22. The molecule has 0 amide bonds. The summed E-state index contributed by atoms with van der Waals surface area (Å²) < 4.78 is 19.1. The fourth-order valence-electron chi connectivity index (χ4n) is 9.63. The summed E-state index contributed by atoms with van der Waals surface area (Å²) >= 11 is 3.57. The van der Waals surface area contributed by atoms with Crippen LogP contribution in [-0.2, 0) is 24.2 Å². The molecule has 0 bridgehead atoms. The van der Waals surface area contributed by atoms with E-state index in [1.165, 1.54) is 146 Å². The number of hydrogen-bond acceptors (Lipinski definition) is 8. The zero-order valence-electron chi connectivity index (χ0n) is 48.6. The molecule has 2 unspecified atom stereocenters. The topological polar surface area (TPSA) is 73.9 Å². The van der Waals surface area contributed by atoms with Gasteiger partial charge in [-0.3, -0.25) is 4.79 Å². The molecule has 1 N–H and O–H groups in total. The largest absolute Gasteiger partial charge is 0.465 e. The van der Waals surface area contributed by atoms with Crippen molar-refractivity contribution in [3.63, 3.8) is 0 Å². The summed E-state index contributed by atoms with van der Waals surface area (Å²) in [5.74, 6) is 2.69. The molecule has 1 radical (unpaired) electrons. The fraction of sp³-hybridized carbons (Fsp3) is 0.781. The highest BCUT2D eigenvalue weighted by Crippen LogP contribution is 2.34. The van der Waals surface area contributed by atoms with E-state index in [0.717, 1.165) is 99.4 Å². The van der Waals surface area contributed by atoms with Gasteiger partial charge in [0.1, 0.15) is 10.3 Å². The highest BCUT2D eigenvalue weighted by molar-refractivity contribution is 8.18. The fourth-order valence-corrected chi connectivity index (χ4v) is 14.1. The lowest BCUT2D eigenvalue weighted by Gasteiger charge is -2.25. The first-order chi connectivity index (χ1) is 35.6. The highest BCUT2D eigenvalue weighted by atomic mass is 32.2. The van der Waals surface area contributed by atoms with Gasteiger partial charge in [0.25, 0.3) is 9.04 Å². The lowest BCUT2D eigenvalue weighted by atomic mass is 9.86. The van der Waals surface area contributed by atoms with E-state index in [-0.39, 0.29) is 27.9 Å². The Labute approximate surface area is 461 Å². The smallest absolute Gasteiger partial charge is 0.334 e. The molecule has 2 aromatic rings. The van der Waals surface area contributed by atoms with Crippen LogP contribution in [0.3, 0.4) is 0 Å². The SMILES string of the molecule is CCCCCCCCC(CCCCCC)C(=O)OCCCCCC(CCCCC)NCCCCCO[Si](c1ccccc1)c1ccc(C(C)(C)C)c(OC(=O)C(SCCCCCCC)SCCCCCCC)c1. The second kappa shape index (κ2) is 45.3. The van der Waals surface area contributed by atoms with Crippen LogP contribution in [0.15, 0.2) is 48.5 Å². The Balaban J connectivity index is 1.97. The molecule has 73 heavy (non-hydrogen) atoms. The first-order valence-electron chi connectivity index (χ1n) is 30.6. The maximum atomic E-state index is 14.2. The predicted octanol–water partition coefficient (Wildman–Crippen LogP) is 17.9. The monoisotopic (exact) mass is 1070 g/mol. The highest BCUT2D eigenvalue weighted by Gasteiger charge is 2.29. The maximum absolute atomic E-state index is 14.2. The maximum Gasteiger partial charge on any atom is 0.334 e. The number of thioether (sulfide) groups is 2. The summed E-state index contributed by atoms with van der Waals surface area (Å²) in [6, 6.07) is 17.8. The van der Waals surface area contributed by atoms with Crippen LogP contribution in [0, 0.1) is 5.92 Å². The first-order valence-corrected chi connectivity index (χ1v) is 34.1. The van der Waals surface area contributed by atoms with Crippen LogP contribution in [0.5, 0.6) is 5.75 Å². The zero-order valence-corrected chi connectivity index (χ0v) is 51.2. The quantitative estimate of drug-likeness (QED) is 0.0231. The van der Waals surface area contributed by atoms with Gasteiger partial charge in [0.2, 0.25) is 0 Å². The number of nitrogens with one attached hydrogen (secondary N) is 1. The summed E-state index contributed by atoms with van der Waals surface area (Å²) in [6.07, 6.45) is 39.5. The first kappa shape index (κ1) is 67.3. The van der Waals surface area contributed by atoms with Gasteiger partial charge in [-0.1, -0.05) is 246 Å². The minimum atomic E-state index is -1.59. The molecule has 0 aliphatic heterocycles. The molecule has 0 aliphatic carbocycles. The van der Waals surface area contributed by atoms with Crippen molar-refractivity contribution in [3.05, 3.63) is 54.1 Å². The average Bonchev–Trinajstić information content (AvgIpc) is 3.38. The van der Waals surface area contributed by atoms with E-state index < -0.39 is 9.04 Å². The molecular formula is C64H112NO5S2Si. The van der Waals surface area contributed by atoms with Gasteiger partial charge in [-0.15, -0.1) is 23.5 Å². The van der Waals surface area contributed by atoms with Crippen LogP contribution in [0.2, 0.25) is 0 Å². The molecule has 419 valence electrons. The van der Waals surface area contributed by atoms with Crippen LogP contribution >= 0.6 is 23.5 Å². The van der Waals surface area contributed by atoms with Crippen LogP contribution in [0.25, 0.3) is 0 Å². The van der Waals surface area contributed by atoms with E-state index >= 15 is 0 Å². The van der Waals surface area contributed by atoms with Crippen LogP contribution in [0.4, 0.5) is 0 Å². The molecule has 2 rings (SSSR count). The van der Waals surface area contributed by atoms with E-state index in [1.54, 1.807) is 23.5 Å². The van der Waals surface area contributed by atoms with Crippen molar-refractivity contribution >= 4 is 54.9 Å². The van der Waals surface area contributed by atoms with Crippen molar-refractivity contribution in [2.45, 2.75) is 283 Å². The molecule has 0 aliphatic rings. The van der Waals surface area contributed by atoms with Crippen molar-refractivity contribution in [1.29, 1.82) is 0 Å². The number of rotatable bonds is 49. The molecule has 0 heterocycles. The van der Waals surface area contributed by atoms with E-state index in [9.17, 15) is 9.59 Å². The Hall–Kier alpha value is -1.78. The van der Waals surface area contributed by atoms with Gasteiger partial charge in [0.05, 0.1) is 12.5 Å². The molecule has 0 saturated carbocycles. The summed E-state index contributed by atoms with van der Waals surface area (Å²) in [4.78, 5) is 27.4. The Bertz CT molecular complexity index is 1590. The molecular weight excluding hydrogens is 955 g/mol. The standard InChI is InChI=1S/C64H112NO5S2Si/c1-9-14-19-23-24-32-42-55(41-31-22-17-12-4)61(66)68-50-37-28-33-44-56(43-30-18-13-5)65-49-36-29-38-51-69-73(57-45-34-27-35-46-57)58-47-48-59(64(6,7)8)60(54-58)70-62(67)63(71-52-39-25-20-15-10-2)72-53-40-26-21-16-11-3/h27,34-35,45-48,54-56,63,65H,9-26,28-33,36-44,49-53H2,1-8H3. The Kier molecular flexibility index (Phi) is 41.7. The zero-order chi connectivity index (χ0) is 53.0. The summed E-state index contributed by atoms with van der Waals surface area (Å²) in [5.41, 5.74) is 0.871. The molecule has 2 atom stereocenters. The van der Waals surface area contributed by atoms with E-state index in [0.29, 0.717) is 25.0 Å². The lowest BCUT2D eigenvalue weighted by Crippen LogP contribution is -2.45. The van der Waals surface area contributed by atoms with Crippen molar-refractivity contribution in [2.75, 3.05) is 31.3 Å². The molecule has 0 fully saturated rings. The number of hydrogen-bond donors (Lipinski definition) is 1. The van der Waals surface area contributed by atoms with Gasteiger partial charge >= 0.3 is 11.9 Å². The second-order valence-corrected chi connectivity index (χ2v) is 27.0.